The fourth-order valence-electron chi connectivity index (χ4n) is 3.15. The van der Waals surface area contributed by atoms with E-state index in [1.807, 2.05) is 0 Å². The molecule has 13 heteroatoms. The molecule has 0 spiro atoms. The molecule has 1 atom stereocenters. The minimum absolute atomic E-state index is 0.0420. The van der Waals surface area contributed by atoms with Crippen molar-refractivity contribution in [2.75, 3.05) is 31.7 Å². The third-order valence-electron chi connectivity index (χ3n) is 4.59. The number of amides is 1. The van der Waals surface area contributed by atoms with Crippen molar-refractivity contribution in [1.29, 1.82) is 0 Å². The van der Waals surface area contributed by atoms with Gasteiger partial charge in [-0.15, -0.1) is 13.2 Å². The van der Waals surface area contributed by atoms with Gasteiger partial charge in [0.15, 0.2) is 0 Å². The van der Waals surface area contributed by atoms with E-state index in [0.29, 0.717) is 5.56 Å². The average molecular weight is 462 g/mol. The molecule has 2 aromatic rings. The minimum atomic E-state index is -4.84. The Morgan fingerprint density at radius 2 is 2.00 bits per heavy atom. The van der Waals surface area contributed by atoms with Gasteiger partial charge in [-0.3, -0.25) is 14.6 Å². The van der Waals surface area contributed by atoms with Gasteiger partial charge in [0.25, 0.3) is 17.4 Å². The van der Waals surface area contributed by atoms with E-state index in [2.05, 4.69) is 20.0 Å². The number of halogens is 5. The summed E-state index contributed by atoms with van der Waals surface area (Å²) in [6.45, 7) is -0.723. The first-order chi connectivity index (χ1) is 15.0. The second-order valence-corrected chi connectivity index (χ2v) is 7.08. The lowest BCUT2D eigenvalue weighted by molar-refractivity contribution is -0.274. The van der Waals surface area contributed by atoms with Crippen molar-refractivity contribution < 1.29 is 36.2 Å². The van der Waals surface area contributed by atoms with Gasteiger partial charge < -0.3 is 19.7 Å². The standard InChI is InChI=1S/C19H19F5N4O4/c1-31-9-14(11-2-4-12(5-3-11)32-19(22,23)24)25-16(30)13-8-15(29)27-17(26-13)28-7-6-18(20,21)10-28/h2-5,8,14H,6-7,9-10H2,1H3,(H,25,30)(H,26,27,29)/t14-/m1/s1. The summed E-state index contributed by atoms with van der Waals surface area (Å²) in [7, 11) is 1.36. The topological polar surface area (TPSA) is 96.5 Å². The summed E-state index contributed by atoms with van der Waals surface area (Å²) in [6.07, 6.45) is -5.25. The molecule has 1 aliphatic heterocycles. The van der Waals surface area contributed by atoms with Gasteiger partial charge in [0.05, 0.1) is 19.2 Å². The highest BCUT2D eigenvalue weighted by molar-refractivity contribution is 5.92. The van der Waals surface area contributed by atoms with Crippen LogP contribution in [0.5, 0.6) is 5.75 Å². The number of carbonyl (C=O) groups excluding carboxylic acids is 1. The zero-order valence-corrected chi connectivity index (χ0v) is 16.7. The predicted molar refractivity (Wildman–Crippen MR) is 102 cm³/mol. The molecule has 0 bridgehead atoms. The van der Waals surface area contributed by atoms with Crippen molar-refractivity contribution in [3.63, 3.8) is 0 Å². The second kappa shape index (κ2) is 9.10. The number of aromatic amines is 1. The van der Waals surface area contributed by atoms with E-state index in [9.17, 15) is 31.5 Å². The Kier molecular flexibility index (Phi) is 6.67. The molecule has 3 rings (SSSR count). The van der Waals surface area contributed by atoms with E-state index >= 15 is 0 Å². The number of rotatable bonds is 7. The quantitative estimate of drug-likeness (QED) is 0.615. The maximum atomic E-state index is 13.5. The molecule has 1 aromatic heterocycles. The largest absolute Gasteiger partial charge is 0.573 e. The summed E-state index contributed by atoms with van der Waals surface area (Å²) in [5.74, 6) is -4.31. The van der Waals surface area contributed by atoms with Gasteiger partial charge >= 0.3 is 6.36 Å². The SMILES string of the molecule is COC[C@@H](NC(=O)c1cc(=O)[nH]c(N2CCC(F)(F)C2)n1)c1ccc(OC(F)(F)F)cc1. The summed E-state index contributed by atoms with van der Waals surface area (Å²) in [4.78, 5) is 32.1. The van der Waals surface area contributed by atoms with Gasteiger partial charge in [-0.05, 0) is 17.7 Å². The molecule has 1 saturated heterocycles. The number of methoxy groups -OCH3 is 1. The van der Waals surface area contributed by atoms with Crippen molar-refractivity contribution in [1.82, 2.24) is 15.3 Å². The Balaban J connectivity index is 1.77. The Hall–Kier alpha value is -3.22. The van der Waals surface area contributed by atoms with Crippen LogP contribution >= 0.6 is 0 Å². The van der Waals surface area contributed by atoms with Gasteiger partial charge in [0, 0.05) is 26.1 Å². The van der Waals surface area contributed by atoms with Crippen LogP contribution in [-0.2, 0) is 4.74 Å². The number of nitrogens with zero attached hydrogens (tertiary/aromatic N) is 2. The number of alkyl halides is 5. The van der Waals surface area contributed by atoms with Crippen molar-refractivity contribution in [2.24, 2.45) is 0 Å². The number of hydrogen-bond donors (Lipinski definition) is 2. The third kappa shape index (κ3) is 6.15. The number of hydrogen-bond acceptors (Lipinski definition) is 6. The van der Waals surface area contributed by atoms with Gasteiger partial charge in [-0.1, -0.05) is 12.1 Å². The highest BCUT2D eigenvalue weighted by Gasteiger charge is 2.39. The number of benzene rings is 1. The third-order valence-corrected chi connectivity index (χ3v) is 4.59. The highest BCUT2D eigenvalue weighted by atomic mass is 19.4. The summed E-state index contributed by atoms with van der Waals surface area (Å²) >= 11 is 0. The van der Waals surface area contributed by atoms with E-state index < -0.39 is 48.5 Å². The molecule has 1 amide bonds. The fraction of sp³-hybridized carbons (Fsp3) is 0.421. The molecule has 0 saturated carbocycles. The number of nitrogens with one attached hydrogen (secondary N) is 2. The van der Waals surface area contributed by atoms with E-state index in [-0.39, 0.29) is 24.8 Å². The van der Waals surface area contributed by atoms with Gasteiger partial charge in [0.2, 0.25) is 5.95 Å². The van der Waals surface area contributed by atoms with E-state index in [1.165, 1.54) is 24.1 Å². The summed E-state index contributed by atoms with van der Waals surface area (Å²) in [5.41, 5.74) is -0.608. The smallest absolute Gasteiger partial charge is 0.406 e. The lowest BCUT2D eigenvalue weighted by Gasteiger charge is -2.20. The van der Waals surface area contributed by atoms with Crippen LogP contribution in [0, 0.1) is 0 Å². The normalized spacial score (nSPS) is 16.6. The number of anilines is 1. The molecule has 2 heterocycles. The van der Waals surface area contributed by atoms with Gasteiger partial charge in [-0.2, -0.15) is 0 Å². The maximum Gasteiger partial charge on any atom is 0.573 e. The van der Waals surface area contributed by atoms with Crippen LogP contribution in [0.25, 0.3) is 0 Å². The Morgan fingerprint density at radius 1 is 1.31 bits per heavy atom. The van der Waals surface area contributed by atoms with Gasteiger partial charge in [0.1, 0.15) is 11.4 Å². The number of aromatic nitrogens is 2. The van der Waals surface area contributed by atoms with E-state index in [1.54, 1.807) is 0 Å². The molecule has 0 unspecified atom stereocenters. The lowest BCUT2D eigenvalue weighted by Crippen LogP contribution is -2.34. The predicted octanol–water partition coefficient (Wildman–Crippen LogP) is 2.63. The average Bonchev–Trinajstić information content (AvgIpc) is 3.06. The van der Waals surface area contributed by atoms with Crippen molar-refractivity contribution >= 4 is 11.9 Å². The molecule has 2 N–H and O–H groups in total. The zero-order chi connectivity index (χ0) is 23.5. The zero-order valence-electron chi connectivity index (χ0n) is 16.7. The molecule has 8 nitrogen and oxygen atoms in total. The molecule has 1 aliphatic rings. The molecule has 1 fully saturated rings. The van der Waals surface area contributed by atoms with Crippen LogP contribution in [0.4, 0.5) is 27.9 Å². The lowest BCUT2D eigenvalue weighted by atomic mass is 10.1. The number of carbonyl (C=O) groups is 1. The Morgan fingerprint density at radius 3 is 2.56 bits per heavy atom. The fourth-order valence-corrected chi connectivity index (χ4v) is 3.15. The van der Waals surface area contributed by atoms with Gasteiger partial charge in [-0.25, -0.2) is 13.8 Å². The van der Waals surface area contributed by atoms with Crippen molar-refractivity contribution in [3.05, 3.63) is 51.9 Å². The van der Waals surface area contributed by atoms with E-state index in [4.69, 9.17) is 4.74 Å². The molecular formula is C19H19F5N4O4. The first kappa shape index (κ1) is 23.4. The first-order valence-corrected chi connectivity index (χ1v) is 9.35. The molecular weight excluding hydrogens is 443 g/mol. The van der Waals surface area contributed by atoms with Crippen LogP contribution in [0.2, 0.25) is 0 Å². The summed E-state index contributed by atoms with van der Waals surface area (Å²) < 4.78 is 72.8. The summed E-state index contributed by atoms with van der Waals surface area (Å²) in [6, 6.07) is 4.90. The number of H-pyrrole nitrogens is 1. The molecule has 174 valence electrons. The molecule has 32 heavy (non-hydrogen) atoms. The van der Waals surface area contributed by atoms with Crippen molar-refractivity contribution in [3.8, 4) is 5.75 Å². The highest BCUT2D eigenvalue weighted by Crippen LogP contribution is 2.29. The van der Waals surface area contributed by atoms with E-state index in [0.717, 1.165) is 18.2 Å². The molecule has 0 radical (unpaired) electrons. The summed E-state index contributed by atoms with van der Waals surface area (Å²) in [5, 5.41) is 2.57. The van der Waals surface area contributed by atoms with Crippen LogP contribution in [0.15, 0.2) is 35.1 Å². The Bertz CT molecular complexity index is 1010. The van der Waals surface area contributed by atoms with Crippen LogP contribution in [-0.4, -0.2) is 55.0 Å². The Labute approximate surface area is 178 Å². The number of ether oxygens (including phenoxy) is 2. The first-order valence-electron chi connectivity index (χ1n) is 9.35. The monoisotopic (exact) mass is 462 g/mol. The second-order valence-electron chi connectivity index (χ2n) is 7.08. The van der Waals surface area contributed by atoms with Crippen LogP contribution < -0.4 is 20.5 Å². The van der Waals surface area contributed by atoms with Crippen molar-refractivity contribution in [2.45, 2.75) is 24.7 Å². The maximum absolute atomic E-state index is 13.5. The minimum Gasteiger partial charge on any atom is -0.406 e. The van der Waals surface area contributed by atoms with Crippen LogP contribution in [0.3, 0.4) is 0 Å². The van der Waals surface area contributed by atoms with Crippen LogP contribution in [0.1, 0.15) is 28.5 Å². The molecule has 1 aromatic carbocycles. The molecule has 0 aliphatic carbocycles.